The van der Waals surface area contributed by atoms with Crippen LogP contribution in [0.25, 0.3) is 0 Å². The molecule has 2 aromatic rings. The predicted molar refractivity (Wildman–Crippen MR) is 72.0 cm³/mol. The zero-order valence-corrected chi connectivity index (χ0v) is 10.8. The molecular formula is C13H13FN4O3. The molecule has 7 nitrogen and oxygen atoms in total. The van der Waals surface area contributed by atoms with Gasteiger partial charge in [0.2, 0.25) is 0 Å². The van der Waals surface area contributed by atoms with Crippen molar-refractivity contribution in [3.8, 4) is 0 Å². The summed E-state index contributed by atoms with van der Waals surface area (Å²) in [6.45, 7) is 0. The smallest absolute Gasteiger partial charge is 0.326 e. The molecule has 0 saturated carbocycles. The van der Waals surface area contributed by atoms with Crippen LogP contribution in [0.5, 0.6) is 0 Å². The molecule has 1 amide bonds. The van der Waals surface area contributed by atoms with Gasteiger partial charge in [0.25, 0.3) is 5.91 Å². The number of nitrogen functional groups attached to an aromatic ring is 1. The van der Waals surface area contributed by atoms with Gasteiger partial charge < -0.3 is 21.1 Å². The second-order valence-corrected chi connectivity index (χ2v) is 4.38. The highest BCUT2D eigenvalue weighted by molar-refractivity contribution is 6.00. The van der Waals surface area contributed by atoms with Crippen LogP contribution in [0.15, 0.2) is 30.7 Å². The average molecular weight is 292 g/mol. The first-order valence-corrected chi connectivity index (χ1v) is 6.03. The van der Waals surface area contributed by atoms with E-state index in [1.165, 1.54) is 18.6 Å². The van der Waals surface area contributed by atoms with Crippen molar-refractivity contribution in [1.29, 1.82) is 0 Å². The van der Waals surface area contributed by atoms with Crippen LogP contribution >= 0.6 is 0 Å². The highest BCUT2D eigenvalue weighted by Gasteiger charge is 2.22. The number of hydrogen-bond acceptors (Lipinski definition) is 4. The van der Waals surface area contributed by atoms with Crippen molar-refractivity contribution in [2.45, 2.75) is 12.5 Å². The van der Waals surface area contributed by atoms with Gasteiger partial charge in [-0.2, -0.15) is 0 Å². The molecule has 8 heteroatoms. The van der Waals surface area contributed by atoms with Crippen LogP contribution in [-0.2, 0) is 11.2 Å². The number of nitrogens with zero attached hydrogens (tertiary/aromatic N) is 1. The number of halogens is 1. The first kappa shape index (κ1) is 14.5. The molecule has 21 heavy (non-hydrogen) atoms. The fraction of sp³-hybridized carbons (Fsp3) is 0.154. The minimum absolute atomic E-state index is 0.0241. The third-order valence-corrected chi connectivity index (χ3v) is 2.84. The first-order chi connectivity index (χ1) is 9.97. The van der Waals surface area contributed by atoms with Gasteiger partial charge in [-0.1, -0.05) is 0 Å². The van der Waals surface area contributed by atoms with E-state index in [0.29, 0.717) is 5.69 Å². The van der Waals surface area contributed by atoms with E-state index >= 15 is 0 Å². The van der Waals surface area contributed by atoms with Crippen molar-refractivity contribution in [3.63, 3.8) is 0 Å². The monoisotopic (exact) mass is 292 g/mol. The van der Waals surface area contributed by atoms with Crippen LogP contribution in [0.4, 0.5) is 10.1 Å². The summed E-state index contributed by atoms with van der Waals surface area (Å²) >= 11 is 0. The van der Waals surface area contributed by atoms with Gasteiger partial charge in [-0.05, 0) is 18.2 Å². The summed E-state index contributed by atoms with van der Waals surface area (Å²) in [4.78, 5) is 29.7. The standard InChI is InChI=1S/C13H13FN4O3/c14-7-1-2-10(15)9(3-7)12(19)18-11(13(20)21)4-8-5-16-6-17-8/h1-3,5-6,11H,4,15H2,(H,16,17)(H,18,19)(H,20,21)/t11-/m1/s1. The van der Waals surface area contributed by atoms with E-state index in [0.717, 1.165) is 12.1 Å². The van der Waals surface area contributed by atoms with Gasteiger partial charge in [0.05, 0.1) is 11.9 Å². The Morgan fingerprint density at radius 2 is 2.24 bits per heavy atom. The van der Waals surface area contributed by atoms with Crippen LogP contribution < -0.4 is 11.1 Å². The number of aromatic amines is 1. The van der Waals surface area contributed by atoms with Crippen LogP contribution in [-0.4, -0.2) is 33.0 Å². The molecule has 1 aromatic heterocycles. The van der Waals surface area contributed by atoms with Crippen molar-refractivity contribution < 1.29 is 19.1 Å². The minimum Gasteiger partial charge on any atom is -0.480 e. The van der Waals surface area contributed by atoms with Gasteiger partial charge in [-0.15, -0.1) is 0 Å². The van der Waals surface area contributed by atoms with Crippen LogP contribution in [0.2, 0.25) is 0 Å². The van der Waals surface area contributed by atoms with Crippen molar-refractivity contribution in [3.05, 3.63) is 47.8 Å². The number of imidazole rings is 1. The second kappa shape index (κ2) is 6.04. The molecule has 5 N–H and O–H groups in total. The molecule has 2 rings (SSSR count). The lowest BCUT2D eigenvalue weighted by Crippen LogP contribution is -2.42. The number of aromatic nitrogens is 2. The van der Waals surface area contributed by atoms with Crippen LogP contribution in [0.1, 0.15) is 16.1 Å². The topological polar surface area (TPSA) is 121 Å². The molecule has 0 fully saturated rings. The summed E-state index contributed by atoms with van der Waals surface area (Å²) in [7, 11) is 0. The number of H-pyrrole nitrogens is 1. The summed E-state index contributed by atoms with van der Waals surface area (Å²) in [5.74, 6) is -2.60. The predicted octanol–water partition coefficient (Wildman–Crippen LogP) is 0.557. The third kappa shape index (κ3) is 3.56. The molecule has 110 valence electrons. The molecule has 0 spiro atoms. The van der Waals surface area contributed by atoms with Gasteiger partial charge in [-0.25, -0.2) is 14.2 Å². The van der Waals surface area contributed by atoms with Gasteiger partial charge in [0.1, 0.15) is 11.9 Å². The second-order valence-electron chi connectivity index (χ2n) is 4.38. The Morgan fingerprint density at radius 3 is 2.86 bits per heavy atom. The Bertz CT molecular complexity index is 657. The number of aliphatic carboxylic acids is 1. The van der Waals surface area contributed by atoms with Crippen LogP contribution in [0, 0.1) is 5.82 Å². The Balaban J connectivity index is 2.14. The maximum atomic E-state index is 13.1. The number of anilines is 1. The van der Waals surface area contributed by atoms with Crippen LogP contribution in [0.3, 0.4) is 0 Å². The summed E-state index contributed by atoms with van der Waals surface area (Å²) in [5, 5.41) is 11.4. The fourth-order valence-electron chi connectivity index (χ4n) is 1.78. The van der Waals surface area contributed by atoms with E-state index in [-0.39, 0.29) is 17.7 Å². The molecular weight excluding hydrogens is 279 g/mol. The summed E-state index contributed by atoms with van der Waals surface area (Å²) in [6, 6.07) is 2.14. The molecule has 0 aliphatic heterocycles. The maximum absolute atomic E-state index is 13.1. The zero-order chi connectivity index (χ0) is 15.4. The molecule has 0 aliphatic rings. The van der Waals surface area contributed by atoms with Gasteiger partial charge >= 0.3 is 5.97 Å². The molecule has 0 unspecified atom stereocenters. The number of carbonyl (C=O) groups excluding carboxylic acids is 1. The maximum Gasteiger partial charge on any atom is 0.326 e. The fourth-order valence-corrected chi connectivity index (χ4v) is 1.78. The largest absolute Gasteiger partial charge is 0.480 e. The summed E-state index contributed by atoms with van der Waals surface area (Å²) in [6.07, 6.45) is 2.88. The molecule has 0 aliphatic carbocycles. The average Bonchev–Trinajstić information content (AvgIpc) is 2.93. The van der Waals surface area contributed by atoms with Crippen molar-refractivity contribution >= 4 is 17.6 Å². The van der Waals surface area contributed by atoms with Crippen molar-refractivity contribution in [2.24, 2.45) is 0 Å². The molecule has 1 aromatic carbocycles. The lowest BCUT2D eigenvalue weighted by Gasteiger charge is -2.14. The summed E-state index contributed by atoms with van der Waals surface area (Å²) in [5.41, 5.74) is 6.10. The number of benzene rings is 1. The van der Waals surface area contributed by atoms with Crippen molar-refractivity contribution in [1.82, 2.24) is 15.3 Å². The number of hydrogen-bond donors (Lipinski definition) is 4. The summed E-state index contributed by atoms with van der Waals surface area (Å²) < 4.78 is 13.1. The van der Waals surface area contributed by atoms with E-state index < -0.39 is 23.7 Å². The van der Waals surface area contributed by atoms with E-state index in [1.807, 2.05) is 0 Å². The van der Waals surface area contributed by atoms with E-state index in [9.17, 15) is 14.0 Å². The molecule has 1 atom stereocenters. The Hall–Kier alpha value is -2.90. The molecule has 1 heterocycles. The van der Waals surface area contributed by atoms with Crippen molar-refractivity contribution in [2.75, 3.05) is 5.73 Å². The van der Waals surface area contributed by atoms with Gasteiger partial charge in [0, 0.05) is 24.0 Å². The highest BCUT2D eigenvalue weighted by Crippen LogP contribution is 2.13. The number of amides is 1. The van der Waals surface area contributed by atoms with E-state index in [1.54, 1.807) is 0 Å². The van der Waals surface area contributed by atoms with Gasteiger partial charge in [-0.3, -0.25) is 4.79 Å². The number of carboxylic acid groups (broad SMARTS) is 1. The minimum atomic E-state index is -1.21. The zero-order valence-electron chi connectivity index (χ0n) is 10.8. The number of nitrogens with one attached hydrogen (secondary N) is 2. The van der Waals surface area contributed by atoms with Gasteiger partial charge in [0.15, 0.2) is 0 Å². The third-order valence-electron chi connectivity index (χ3n) is 2.84. The lowest BCUT2D eigenvalue weighted by atomic mass is 10.1. The Kier molecular flexibility index (Phi) is 4.17. The highest BCUT2D eigenvalue weighted by atomic mass is 19.1. The number of rotatable bonds is 5. The number of carboxylic acids is 1. The SMILES string of the molecule is Nc1ccc(F)cc1C(=O)N[C@H](Cc1cnc[nH]1)C(=O)O. The Labute approximate surface area is 119 Å². The Morgan fingerprint density at radius 1 is 1.48 bits per heavy atom. The first-order valence-electron chi connectivity index (χ1n) is 6.03. The van der Waals surface area contributed by atoms with E-state index in [4.69, 9.17) is 10.8 Å². The molecule has 0 radical (unpaired) electrons. The lowest BCUT2D eigenvalue weighted by molar-refractivity contribution is -0.139. The van der Waals surface area contributed by atoms with E-state index in [2.05, 4.69) is 15.3 Å². The number of nitrogens with two attached hydrogens (primary N) is 1. The normalized spacial score (nSPS) is 11.9. The molecule has 0 saturated heterocycles. The number of carbonyl (C=O) groups is 2. The molecule has 0 bridgehead atoms. The quantitative estimate of drug-likeness (QED) is 0.600.